The second-order valence-electron chi connectivity index (χ2n) is 7.10. The number of aromatic nitrogens is 2. The lowest BCUT2D eigenvalue weighted by molar-refractivity contribution is -0.0581. The van der Waals surface area contributed by atoms with Crippen LogP contribution >= 0.6 is 11.6 Å². The fourth-order valence-corrected chi connectivity index (χ4v) is 4.18. The summed E-state index contributed by atoms with van der Waals surface area (Å²) in [5.74, 6) is 1.46. The van der Waals surface area contributed by atoms with Gasteiger partial charge >= 0.3 is 0 Å². The first kappa shape index (κ1) is 15.4. The Bertz CT molecular complexity index is 567. The number of halogens is 1. The highest BCUT2D eigenvalue weighted by Gasteiger charge is 2.48. The summed E-state index contributed by atoms with van der Waals surface area (Å²) in [6.07, 6.45) is 5.47. The van der Waals surface area contributed by atoms with Gasteiger partial charge in [-0.15, -0.1) is 0 Å². The van der Waals surface area contributed by atoms with Crippen molar-refractivity contribution in [3.05, 3.63) is 11.2 Å². The number of ether oxygens (including phenoxy) is 1. The Morgan fingerprint density at radius 1 is 1.09 bits per heavy atom. The molecule has 3 aliphatic carbocycles. The first-order valence-corrected chi connectivity index (χ1v) is 8.82. The zero-order valence-corrected chi connectivity index (χ0v) is 14.0. The van der Waals surface area contributed by atoms with Crippen LogP contribution in [0.3, 0.4) is 0 Å². The average molecular weight is 339 g/mol. The number of hydrogen-bond acceptors (Lipinski definition) is 6. The van der Waals surface area contributed by atoms with Gasteiger partial charge in [0, 0.05) is 24.7 Å². The van der Waals surface area contributed by atoms with Gasteiger partial charge in [-0.05, 0) is 38.5 Å². The summed E-state index contributed by atoms with van der Waals surface area (Å²) in [5.41, 5.74) is -0.422. The largest absolute Gasteiger partial charge is 0.390 e. The minimum atomic E-state index is -0.433. The summed E-state index contributed by atoms with van der Waals surface area (Å²) in [4.78, 5) is 11.2. The average Bonchev–Trinajstić information content (AvgIpc) is 2.57. The number of nitrogens with one attached hydrogen (secondary N) is 1. The molecule has 0 radical (unpaired) electrons. The molecule has 5 rings (SSSR count). The van der Waals surface area contributed by atoms with Crippen LogP contribution < -0.4 is 10.2 Å². The SMILES string of the molecule is OC12CCC(Nc3nc(Cl)cc(N4CCOCC4)n3)(CC1)CC2. The van der Waals surface area contributed by atoms with E-state index in [2.05, 4.69) is 20.2 Å². The van der Waals surface area contributed by atoms with Gasteiger partial charge in [0.25, 0.3) is 0 Å². The summed E-state index contributed by atoms with van der Waals surface area (Å²) in [5, 5.41) is 14.4. The Hall–Kier alpha value is -1.11. The van der Waals surface area contributed by atoms with E-state index in [-0.39, 0.29) is 5.54 Å². The molecule has 0 unspecified atom stereocenters. The monoisotopic (exact) mass is 338 g/mol. The van der Waals surface area contributed by atoms with E-state index in [0.717, 1.165) is 57.4 Å². The van der Waals surface area contributed by atoms with E-state index in [4.69, 9.17) is 16.3 Å². The molecule has 2 bridgehead atoms. The Morgan fingerprint density at radius 3 is 2.39 bits per heavy atom. The molecule has 7 heteroatoms. The number of rotatable bonds is 3. The number of anilines is 2. The first-order valence-electron chi connectivity index (χ1n) is 8.44. The van der Waals surface area contributed by atoms with Crippen molar-refractivity contribution in [3.63, 3.8) is 0 Å². The van der Waals surface area contributed by atoms with Crippen LogP contribution in [-0.2, 0) is 4.74 Å². The van der Waals surface area contributed by atoms with Gasteiger partial charge < -0.3 is 20.1 Å². The minimum absolute atomic E-state index is 0.0114. The van der Waals surface area contributed by atoms with Crippen LogP contribution in [0.25, 0.3) is 0 Å². The number of hydrogen-bond donors (Lipinski definition) is 2. The highest BCUT2D eigenvalue weighted by molar-refractivity contribution is 6.29. The molecule has 0 spiro atoms. The van der Waals surface area contributed by atoms with Gasteiger partial charge in [-0.1, -0.05) is 11.6 Å². The predicted molar refractivity (Wildman–Crippen MR) is 89.1 cm³/mol. The maximum Gasteiger partial charge on any atom is 0.226 e. The van der Waals surface area contributed by atoms with Crippen LogP contribution in [0.5, 0.6) is 0 Å². The molecular formula is C16H23ClN4O2. The van der Waals surface area contributed by atoms with Gasteiger partial charge in [-0.2, -0.15) is 4.98 Å². The van der Waals surface area contributed by atoms with Crippen LogP contribution in [-0.4, -0.2) is 52.5 Å². The Morgan fingerprint density at radius 2 is 1.74 bits per heavy atom. The maximum atomic E-state index is 10.4. The first-order chi connectivity index (χ1) is 11.1. The summed E-state index contributed by atoms with van der Waals surface area (Å²) >= 11 is 6.22. The third kappa shape index (κ3) is 3.12. The molecule has 1 saturated heterocycles. The van der Waals surface area contributed by atoms with Gasteiger partial charge in [-0.3, -0.25) is 0 Å². The van der Waals surface area contributed by atoms with E-state index in [9.17, 15) is 5.11 Å². The van der Waals surface area contributed by atoms with Crippen molar-refractivity contribution < 1.29 is 9.84 Å². The van der Waals surface area contributed by atoms with E-state index < -0.39 is 5.60 Å². The predicted octanol–water partition coefficient (Wildman–Crippen LogP) is 2.22. The van der Waals surface area contributed by atoms with Crippen molar-refractivity contribution >= 4 is 23.4 Å². The Kier molecular flexibility index (Phi) is 3.86. The van der Waals surface area contributed by atoms with Gasteiger partial charge in [-0.25, -0.2) is 4.98 Å². The lowest BCUT2D eigenvalue weighted by Gasteiger charge is -2.51. The summed E-state index contributed by atoms with van der Waals surface area (Å²) in [6.45, 7) is 3.08. The fraction of sp³-hybridized carbons (Fsp3) is 0.750. The molecule has 1 aliphatic heterocycles. The topological polar surface area (TPSA) is 70.5 Å². The van der Waals surface area contributed by atoms with Crippen molar-refractivity contribution in [1.82, 2.24) is 9.97 Å². The molecule has 0 aromatic carbocycles. The Labute approximate surface area is 141 Å². The fourth-order valence-electron chi connectivity index (χ4n) is 4.01. The highest BCUT2D eigenvalue weighted by Crippen LogP contribution is 2.48. The lowest BCUT2D eigenvalue weighted by Crippen LogP contribution is -2.54. The quantitative estimate of drug-likeness (QED) is 0.823. The van der Waals surface area contributed by atoms with E-state index in [1.54, 1.807) is 0 Å². The number of fused-ring (bicyclic) bond motifs is 3. The molecule has 23 heavy (non-hydrogen) atoms. The molecule has 2 heterocycles. The third-order valence-electron chi connectivity index (χ3n) is 5.60. The van der Waals surface area contributed by atoms with Crippen molar-refractivity contribution in [3.8, 4) is 0 Å². The minimum Gasteiger partial charge on any atom is -0.390 e. The number of aliphatic hydroxyl groups is 1. The zero-order valence-electron chi connectivity index (χ0n) is 13.2. The smallest absolute Gasteiger partial charge is 0.226 e. The molecule has 0 amide bonds. The molecule has 1 aromatic heterocycles. The van der Waals surface area contributed by atoms with Gasteiger partial charge in [0.05, 0.1) is 18.8 Å². The molecule has 2 N–H and O–H groups in total. The lowest BCUT2D eigenvalue weighted by atomic mass is 9.63. The molecule has 4 aliphatic rings. The van der Waals surface area contributed by atoms with Gasteiger partial charge in [0.2, 0.25) is 5.95 Å². The van der Waals surface area contributed by atoms with Crippen LogP contribution in [0.15, 0.2) is 6.07 Å². The number of morpholine rings is 1. The maximum absolute atomic E-state index is 10.4. The Balaban J connectivity index is 1.53. The second kappa shape index (κ2) is 5.76. The molecule has 4 fully saturated rings. The molecular weight excluding hydrogens is 316 g/mol. The van der Waals surface area contributed by atoms with E-state index in [1.807, 2.05) is 6.07 Å². The molecule has 0 atom stereocenters. The van der Waals surface area contributed by atoms with E-state index in [0.29, 0.717) is 24.3 Å². The summed E-state index contributed by atoms with van der Waals surface area (Å²) < 4.78 is 5.39. The van der Waals surface area contributed by atoms with Crippen molar-refractivity contribution in [2.24, 2.45) is 0 Å². The number of nitrogens with zero attached hydrogens (tertiary/aromatic N) is 3. The van der Waals surface area contributed by atoms with E-state index >= 15 is 0 Å². The second-order valence-corrected chi connectivity index (χ2v) is 7.49. The standard InChI is InChI=1S/C16H23ClN4O2/c17-12-11-13(21-7-9-23-10-8-21)19-14(18-12)20-15-1-4-16(22,5-2-15)6-3-15/h11,22H,1-10H2,(H,18,19,20). The van der Waals surface area contributed by atoms with Crippen LogP contribution in [0, 0.1) is 0 Å². The van der Waals surface area contributed by atoms with E-state index in [1.165, 1.54) is 0 Å². The van der Waals surface area contributed by atoms with Crippen molar-refractivity contribution in [2.75, 3.05) is 36.5 Å². The molecule has 3 saturated carbocycles. The summed E-state index contributed by atoms with van der Waals surface area (Å²) in [7, 11) is 0. The molecule has 126 valence electrons. The third-order valence-corrected chi connectivity index (χ3v) is 5.79. The highest BCUT2D eigenvalue weighted by atomic mass is 35.5. The van der Waals surface area contributed by atoms with Gasteiger partial charge in [0.15, 0.2) is 0 Å². The van der Waals surface area contributed by atoms with Crippen molar-refractivity contribution in [1.29, 1.82) is 0 Å². The normalized spacial score (nSPS) is 33.7. The van der Waals surface area contributed by atoms with Crippen molar-refractivity contribution in [2.45, 2.75) is 49.7 Å². The molecule has 1 aromatic rings. The van der Waals surface area contributed by atoms with Crippen LogP contribution in [0.4, 0.5) is 11.8 Å². The zero-order chi connectivity index (χ0) is 15.9. The van der Waals surface area contributed by atoms with Crippen LogP contribution in [0.1, 0.15) is 38.5 Å². The summed E-state index contributed by atoms with van der Waals surface area (Å²) in [6, 6.07) is 1.82. The van der Waals surface area contributed by atoms with Gasteiger partial charge in [0.1, 0.15) is 11.0 Å². The van der Waals surface area contributed by atoms with Crippen LogP contribution in [0.2, 0.25) is 5.15 Å². The molecule has 6 nitrogen and oxygen atoms in total.